The lowest BCUT2D eigenvalue weighted by molar-refractivity contribution is -0.150. The Hall–Kier alpha value is -0.900. The van der Waals surface area contributed by atoms with Crippen LogP contribution in [0.3, 0.4) is 0 Å². The third-order valence-corrected chi connectivity index (χ3v) is 3.31. The van der Waals surface area contributed by atoms with Crippen LogP contribution in [0.4, 0.5) is 0 Å². The predicted octanol–water partition coefficient (Wildman–Crippen LogP) is 1.99. The molecule has 0 aliphatic carbocycles. The molecule has 3 heteroatoms. The molecule has 1 aliphatic heterocycles. The highest BCUT2D eigenvalue weighted by molar-refractivity contribution is 5.13. The SMILES string of the molecule is CC[C@@H]1COCC(OCc2ccccc2)[C@H]1O. The summed E-state index contributed by atoms with van der Waals surface area (Å²) in [6.07, 6.45) is 0.318. The van der Waals surface area contributed by atoms with Crippen LogP contribution in [0.2, 0.25) is 0 Å². The first-order chi connectivity index (χ1) is 8.31. The van der Waals surface area contributed by atoms with E-state index in [1.165, 1.54) is 0 Å². The molecule has 3 nitrogen and oxygen atoms in total. The second-order valence-electron chi connectivity index (χ2n) is 4.53. The van der Waals surface area contributed by atoms with E-state index in [1.54, 1.807) is 0 Å². The van der Waals surface area contributed by atoms with Crippen LogP contribution in [-0.4, -0.2) is 30.5 Å². The lowest BCUT2D eigenvalue weighted by Crippen LogP contribution is -2.45. The smallest absolute Gasteiger partial charge is 0.107 e. The summed E-state index contributed by atoms with van der Waals surface area (Å²) in [6.45, 7) is 3.73. The fraction of sp³-hybridized carbons (Fsp3) is 0.571. The Morgan fingerprint density at radius 1 is 1.29 bits per heavy atom. The predicted molar refractivity (Wildman–Crippen MR) is 65.6 cm³/mol. The number of hydrogen-bond acceptors (Lipinski definition) is 3. The van der Waals surface area contributed by atoms with E-state index in [0.717, 1.165) is 12.0 Å². The highest BCUT2D eigenvalue weighted by Gasteiger charge is 2.32. The highest BCUT2D eigenvalue weighted by atomic mass is 16.5. The van der Waals surface area contributed by atoms with Crippen LogP contribution in [0.5, 0.6) is 0 Å². The van der Waals surface area contributed by atoms with Gasteiger partial charge in [0.25, 0.3) is 0 Å². The zero-order valence-electron chi connectivity index (χ0n) is 10.2. The summed E-state index contributed by atoms with van der Waals surface area (Å²) in [5.74, 6) is 0.199. The average Bonchev–Trinajstić information content (AvgIpc) is 2.39. The Morgan fingerprint density at radius 3 is 2.76 bits per heavy atom. The van der Waals surface area contributed by atoms with Crippen molar-refractivity contribution < 1.29 is 14.6 Å². The minimum absolute atomic E-state index is 0.199. The molecule has 1 heterocycles. The van der Waals surface area contributed by atoms with Crippen molar-refractivity contribution >= 4 is 0 Å². The first kappa shape index (κ1) is 12.6. The van der Waals surface area contributed by atoms with E-state index >= 15 is 0 Å². The Morgan fingerprint density at radius 2 is 2.06 bits per heavy atom. The molecule has 0 saturated carbocycles. The van der Waals surface area contributed by atoms with Gasteiger partial charge >= 0.3 is 0 Å². The number of aliphatic hydroxyl groups is 1. The molecule has 1 unspecified atom stereocenters. The van der Waals surface area contributed by atoms with E-state index in [1.807, 2.05) is 30.3 Å². The van der Waals surface area contributed by atoms with Gasteiger partial charge in [0, 0.05) is 5.92 Å². The van der Waals surface area contributed by atoms with Crippen molar-refractivity contribution in [2.45, 2.75) is 32.2 Å². The molecule has 1 saturated heterocycles. The van der Waals surface area contributed by atoms with Gasteiger partial charge in [0.15, 0.2) is 0 Å². The minimum atomic E-state index is -0.405. The third-order valence-electron chi connectivity index (χ3n) is 3.31. The topological polar surface area (TPSA) is 38.7 Å². The summed E-state index contributed by atoms with van der Waals surface area (Å²) in [4.78, 5) is 0. The molecule has 0 bridgehead atoms. The maximum Gasteiger partial charge on any atom is 0.107 e. The van der Waals surface area contributed by atoms with Crippen LogP contribution in [-0.2, 0) is 16.1 Å². The van der Waals surface area contributed by atoms with Crippen LogP contribution in [0, 0.1) is 5.92 Å². The van der Waals surface area contributed by atoms with E-state index in [0.29, 0.717) is 19.8 Å². The Kier molecular flexibility index (Phi) is 4.54. The van der Waals surface area contributed by atoms with Crippen molar-refractivity contribution in [2.24, 2.45) is 5.92 Å². The van der Waals surface area contributed by atoms with Gasteiger partial charge in [-0.15, -0.1) is 0 Å². The van der Waals surface area contributed by atoms with Gasteiger partial charge in [0.1, 0.15) is 6.10 Å². The number of rotatable bonds is 4. The second kappa shape index (κ2) is 6.15. The molecule has 17 heavy (non-hydrogen) atoms. The van der Waals surface area contributed by atoms with E-state index in [4.69, 9.17) is 9.47 Å². The molecule has 3 atom stereocenters. The summed E-state index contributed by atoms with van der Waals surface area (Å²) < 4.78 is 11.2. The summed E-state index contributed by atoms with van der Waals surface area (Å²) >= 11 is 0. The lowest BCUT2D eigenvalue weighted by Gasteiger charge is -2.34. The maximum absolute atomic E-state index is 10.1. The van der Waals surface area contributed by atoms with Gasteiger partial charge in [-0.2, -0.15) is 0 Å². The third kappa shape index (κ3) is 3.28. The fourth-order valence-corrected chi connectivity index (χ4v) is 2.12. The molecule has 2 rings (SSSR count). The highest BCUT2D eigenvalue weighted by Crippen LogP contribution is 2.21. The second-order valence-corrected chi connectivity index (χ2v) is 4.53. The van der Waals surface area contributed by atoms with Crippen LogP contribution >= 0.6 is 0 Å². The van der Waals surface area contributed by atoms with Crippen LogP contribution in [0.15, 0.2) is 30.3 Å². The molecule has 1 aliphatic rings. The van der Waals surface area contributed by atoms with Gasteiger partial charge in [-0.1, -0.05) is 37.3 Å². The summed E-state index contributed by atoms with van der Waals surface area (Å²) in [5.41, 5.74) is 1.12. The Bertz CT molecular complexity index is 325. The summed E-state index contributed by atoms with van der Waals surface area (Å²) in [7, 11) is 0. The first-order valence-corrected chi connectivity index (χ1v) is 6.22. The van der Waals surface area contributed by atoms with Gasteiger partial charge in [0.05, 0.1) is 25.9 Å². The van der Waals surface area contributed by atoms with Crippen LogP contribution < -0.4 is 0 Å². The number of ether oxygens (including phenoxy) is 2. The minimum Gasteiger partial charge on any atom is -0.390 e. The number of benzene rings is 1. The molecular weight excluding hydrogens is 216 g/mol. The van der Waals surface area contributed by atoms with E-state index < -0.39 is 6.10 Å². The van der Waals surface area contributed by atoms with Crippen molar-refractivity contribution in [1.82, 2.24) is 0 Å². The van der Waals surface area contributed by atoms with Gasteiger partial charge in [0.2, 0.25) is 0 Å². The molecule has 1 aromatic carbocycles. The van der Waals surface area contributed by atoms with Crippen molar-refractivity contribution in [1.29, 1.82) is 0 Å². The van der Waals surface area contributed by atoms with Crippen molar-refractivity contribution in [2.75, 3.05) is 13.2 Å². The Balaban J connectivity index is 1.86. The molecule has 94 valence electrons. The summed E-state index contributed by atoms with van der Waals surface area (Å²) in [5, 5.41) is 10.1. The van der Waals surface area contributed by atoms with Crippen LogP contribution in [0.25, 0.3) is 0 Å². The monoisotopic (exact) mass is 236 g/mol. The zero-order chi connectivity index (χ0) is 12.1. The zero-order valence-corrected chi connectivity index (χ0v) is 10.2. The molecular formula is C14H20O3. The lowest BCUT2D eigenvalue weighted by atomic mass is 9.94. The summed E-state index contributed by atoms with van der Waals surface area (Å²) in [6, 6.07) is 10.00. The molecule has 0 spiro atoms. The fourth-order valence-electron chi connectivity index (χ4n) is 2.12. The Labute approximate surface area is 102 Å². The molecule has 1 aromatic rings. The van der Waals surface area contributed by atoms with Gasteiger partial charge in [-0.25, -0.2) is 0 Å². The number of hydrogen-bond donors (Lipinski definition) is 1. The van der Waals surface area contributed by atoms with E-state index in [-0.39, 0.29) is 12.0 Å². The van der Waals surface area contributed by atoms with Crippen LogP contribution in [0.1, 0.15) is 18.9 Å². The molecule has 1 N–H and O–H groups in total. The quantitative estimate of drug-likeness (QED) is 0.869. The van der Waals surface area contributed by atoms with Gasteiger partial charge in [-0.3, -0.25) is 0 Å². The van der Waals surface area contributed by atoms with E-state index in [2.05, 4.69) is 6.92 Å². The normalized spacial score (nSPS) is 29.2. The molecule has 1 fully saturated rings. The molecule has 0 radical (unpaired) electrons. The first-order valence-electron chi connectivity index (χ1n) is 6.22. The van der Waals surface area contributed by atoms with Crippen molar-refractivity contribution in [3.05, 3.63) is 35.9 Å². The molecule has 0 aromatic heterocycles. The van der Waals surface area contributed by atoms with E-state index in [9.17, 15) is 5.11 Å². The van der Waals surface area contributed by atoms with Gasteiger partial charge < -0.3 is 14.6 Å². The largest absolute Gasteiger partial charge is 0.390 e. The standard InChI is InChI=1S/C14H20O3/c1-2-12-9-16-10-13(14(12)15)17-8-11-6-4-3-5-7-11/h3-7,12-15H,2,8-10H2,1H3/t12-,13?,14+/m1/s1. The average molecular weight is 236 g/mol. The van der Waals surface area contributed by atoms with Crippen molar-refractivity contribution in [3.63, 3.8) is 0 Å². The van der Waals surface area contributed by atoms with Crippen molar-refractivity contribution in [3.8, 4) is 0 Å². The maximum atomic E-state index is 10.1. The van der Waals surface area contributed by atoms with Gasteiger partial charge in [-0.05, 0) is 12.0 Å². The molecule has 0 amide bonds. The number of aliphatic hydroxyl groups excluding tert-OH is 1.